The molecular weight excluding hydrogens is 408 g/mol. The Morgan fingerprint density at radius 3 is 2.57 bits per heavy atom. The molecule has 0 N–H and O–H groups in total. The molecule has 0 radical (unpaired) electrons. The van der Waals surface area contributed by atoms with E-state index >= 15 is 0 Å². The van der Waals surface area contributed by atoms with E-state index in [9.17, 15) is 0 Å². The SMILES string of the molecule is Cc1cc2c(cc1C)-c1nn(Cc3nnc(-c4ccccc4)s3)c(=S)cc1CCC2. The van der Waals surface area contributed by atoms with E-state index in [0.29, 0.717) is 6.54 Å². The van der Waals surface area contributed by atoms with Crippen LogP contribution in [0.25, 0.3) is 21.8 Å². The molecule has 4 aromatic rings. The Balaban J connectivity index is 1.54. The molecule has 0 amide bonds. The van der Waals surface area contributed by atoms with Gasteiger partial charge < -0.3 is 0 Å². The first kappa shape index (κ1) is 19.3. The first-order chi connectivity index (χ1) is 14.6. The van der Waals surface area contributed by atoms with E-state index in [1.165, 1.54) is 27.8 Å². The van der Waals surface area contributed by atoms with E-state index in [1.54, 1.807) is 11.3 Å². The molecule has 0 spiro atoms. The lowest BCUT2D eigenvalue weighted by Crippen LogP contribution is -2.10. The quantitative estimate of drug-likeness (QED) is 0.377. The van der Waals surface area contributed by atoms with Gasteiger partial charge in [0.25, 0.3) is 0 Å². The Hall–Kier alpha value is -2.70. The van der Waals surface area contributed by atoms with Crippen molar-refractivity contribution in [3.63, 3.8) is 0 Å². The van der Waals surface area contributed by atoms with Gasteiger partial charge in [-0.1, -0.05) is 60.0 Å². The van der Waals surface area contributed by atoms with E-state index in [-0.39, 0.29) is 0 Å². The molecule has 150 valence electrons. The maximum Gasteiger partial charge on any atom is 0.147 e. The van der Waals surface area contributed by atoms with Gasteiger partial charge in [0.2, 0.25) is 0 Å². The minimum Gasteiger partial charge on any atom is -0.247 e. The Kier molecular flexibility index (Phi) is 5.05. The van der Waals surface area contributed by atoms with E-state index in [0.717, 1.165) is 45.2 Å². The molecule has 1 aliphatic rings. The van der Waals surface area contributed by atoms with Gasteiger partial charge in [0.1, 0.15) is 14.7 Å². The molecule has 2 aromatic heterocycles. The lowest BCUT2D eigenvalue weighted by Gasteiger charge is -2.14. The van der Waals surface area contributed by atoms with Crippen molar-refractivity contribution in [3.05, 3.63) is 80.4 Å². The van der Waals surface area contributed by atoms with Gasteiger partial charge in [0.05, 0.1) is 12.2 Å². The maximum atomic E-state index is 5.68. The Bertz CT molecular complexity index is 1290. The van der Waals surface area contributed by atoms with Crippen molar-refractivity contribution in [2.24, 2.45) is 0 Å². The van der Waals surface area contributed by atoms with E-state index < -0.39 is 0 Å². The van der Waals surface area contributed by atoms with Crippen LogP contribution in [0.4, 0.5) is 0 Å². The fraction of sp³-hybridized carbons (Fsp3) is 0.250. The topological polar surface area (TPSA) is 43.6 Å². The zero-order valence-electron chi connectivity index (χ0n) is 17.1. The van der Waals surface area contributed by atoms with Gasteiger partial charge in [0.15, 0.2) is 0 Å². The third-order valence-electron chi connectivity index (χ3n) is 5.72. The van der Waals surface area contributed by atoms with Crippen LogP contribution < -0.4 is 0 Å². The fourth-order valence-corrected chi connectivity index (χ4v) is 5.05. The van der Waals surface area contributed by atoms with Gasteiger partial charge in [-0.15, -0.1) is 10.2 Å². The number of benzene rings is 2. The van der Waals surface area contributed by atoms with Crippen LogP contribution in [-0.2, 0) is 19.4 Å². The summed E-state index contributed by atoms with van der Waals surface area (Å²) in [5.74, 6) is 0. The summed E-state index contributed by atoms with van der Waals surface area (Å²) in [7, 11) is 0. The van der Waals surface area contributed by atoms with Gasteiger partial charge in [-0.3, -0.25) is 0 Å². The lowest BCUT2D eigenvalue weighted by molar-refractivity contribution is 0.646. The molecule has 0 bridgehead atoms. The number of aryl methyl sites for hydroxylation is 4. The second-order valence-electron chi connectivity index (χ2n) is 7.83. The Labute approximate surface area is 185 Å². The summed E-state index contributed by atoms with van der Waals surface area (Å²) in [6.45, 7) is 4.89. The van der Waals surface area contributed by atoms with Crippen molar-refractivity contribution >= 4 is 23.6 Å². The van der Waals surface area contributed by atoms with Crippen molar-refractivity contribution in [2.45, 2.75) is 39.7 Å². The van der Waals surface area contributed by atoms with E-state index in [1.807, 2.05) is 22.9 Å². The average Bonchev–Trinajstić information content (AvgIpc) is 3.15. The molecule has 0 unspecified atom stereocenters. The molecule has 1 aliphatic carbocycles. The number of hydrogen-bond acceptors (Lipinski definition) is 5. The van der Waals surface area contributed by atoms with Gasteiger partial charge in [-0.05, 0) is 67.5 Å². The highest BCUT2D eigenvalue weighted by molar-refractivity contribution is 7.71. The molecule has 30 heavy (non-hydrogen) atoms. The molecular formula is C24H22N4S2. The molecule has 0 aliphatic heterocycles. The third-order valence-corrected chi connectivity index (χ3v) is 7.00. The number of rotatable bonds is 3. The first-order valence-electron chi connectivity index (χ1n) is 10.2. The van der Waals surface area contributed by atoms with Crippen molar-refractivity contribution in [1.29, 1.82) is 0 Å². The summed E-state index contributed by atoms with van der Waals surface area (Å²) in [6, 6.07) is 16.9. The molecule has 0 saturated heterocycles. The van der Waals surface area contributed by atoms with Crippen LogP contribution in [-0.4, -0.2) is 20.0 Å². The van der Waals surface area contributed by atoms with Crippen molar-refractivity contribution in [1.82, 2.24) is 20.0 Å². The van der Waals surface area contributed by atoms with Crippen LogP contribution in [0, 0.1) is 18.5 Å². The Morgan fingerprint density at radius 2 is 1.73 bits per heavy atom. The molecule has 4 nitrogen and oxygen atoms in total. The standard InChI is InChI=1S/C24H22N4S2/c1-15-11-18-9-6-10-19-13-22(29)28(27-23(19)20(18)12-16(15)2)14-21-25-26-24(30-21)17-7-4-3-5-8-17/h3-5,7-8,11-13H,6,9-10,14H2,1-2H3. The molecule has 0 saturated carbocycles. The van der Waals surface area contributed by atoms with E-state index in [4.69, 9.17) is 17.3 Å². The summed E-state index contributed by atoms with van der Waals surface area (Å²) >= 11 is 7.27. The van der Waals surface area contributed by atoms with Crippen LogP contribution >= 0.6 is 23.6 Å². The maximum absolute atomic E-state index is 5.68. The van der Waals surface area contributed by atoms with Crippen LogP contribution in [0.2, 0.25) is 0 Å². The van der Waals surface area contributed by atoms with Crippen molar-refractivity contribution in [2.75, 3.05) is 0 Å². The molecule has 2 heterocycles. The number of fused-ring (bicyclic) bond motifs is 3. The normalized spacial score (nSPS) is 12.9. The summed E-state index contributed by atoms with van der Waals surface area (Å²) in [6.07, 6.45) is 3.22. The predicted molar refractivity (Wildman–Crippen MR) is 124 cm³/mol. The predicted octanol–water partition coefficient (Wildman–Crippen LogP) is 5.95. The van der Waals surface area contributed by atoms with Crippen LogP contribution in [0.5, 0.6) is 0 Å². The molecule has 5 rings (SSSR count). The van der Waals surface area contributed by atoms with Crippen LogP contribution in [0.1, 0.15) is 33.7 Å². The molecule has 0 atom stereocenters. The van der Waals surface area contributed by atoms with Gasteiger partial charge in [0, 0.05) is 11.1 Å². The van der Waals surface area contributed by atoms with Gasteiger partial charge >= 0.3 is 0 Å². The van der Waals surface area contributed by atoms with Crippen molar-refractivity contribution < 1.29 is 0 Å². The summed E-state index contributed by atoms with van der Waals surface area (Å²) in [5.41, 5.74) is 8.67. The number of nitrogens with zero attached hydrogens (tertiary/aromatic N) is 4. The monoisotopic (exact) mass is 430 g/mol. The summed E-state index contributed by atoms with van der Waals surface area (Å²) < 4.78 is 2.64. The zero-order valence-corrected chi connectivity index (χ0v) is 18.7. The molecule has 6 heteroatoms. The smallest absolute Gasteiger partial charge is 0.147 e. The van der Waals surface area contributed by atoms with Crippen molar-refractivity contribution in [3.8, 4) is 21.8 Å². The highest BCUT2D eigenvalue weighted by Crippen LogP contribution is 2.33. The zero-order chi connectivity index (χ0) is 20.7. The van der Waals surface area contributed by atoms with E-state index in [2.05, 4.69) is 54.4 Å². The first-order valence-corrected chi connectivity index (χ1v) is 11.4. The summed E-state index contributed by atoms with van der Waals surface area (Å²) in [4.78, 5) is 0. The van der Waals surface area contributed by atoms with Gasteiger partial charge in [-0.2, -0.15) is 5.10 Å². The van der Waals surface area contributed by atoms with Crippen LogP contribution in [0.15, 0.2) is 48.5 Å². The molecule has 2 aromatic carbocycles. The van der Waals surface area contributed by atoms with Gasteiger partial charge in [-0.25, -0.2) is 4.68 Å². The average molecular weight is 431 g/mol. The second-order valence-corrected chi connectivity index (χ2v) is 9.31. The highest BCUT2D eigenvalue weighted by Gasteiger charge is 2.19. The number of hydrogen-bond donors (Lipinski definition) is 0. The minimum absolute atomic E-state index is 0.538. The fourth-order valence-electron chi connectivity index (χ4n) is 3.97. The minimum atomic E-state index is 0.538. The lowest BCUT2D eigenvalue weighted by atomic mass is 9.96. The summed E-state index contributed by atoms with van der Waals surface area (Å²) in [5, 5.41) is 15.6. The van der Waals surface area contributed by atoms with Crippen LogP contribution in [0.3, 0.4) is 0 Å². The Morgan fingerprint density at radius 1 is 0.967 bits per heavy atom. The third kappa shape index (κ3) is 3.61. The second kappa shape index (κ2) is 7.85. The highest BCUT2D eigenvalue weighted by atomic mass is 32.1. The largest absolute Gasteiger partial charge is 0.247 e. The molecule has 0 fully saturated rings. The number of aromatic nitrogens is 4.